The monoisotopic (exact) mass is 291 g/mol. The predicted molar refractivity (Wildman–Crippen MR) is 89.1 cm³/mol. The van der Waals surface area contributed by atoms with Crippen LogP contribution in [0.1, 0.15) is 33.3 Å². The quantitative estimate of drug-likeness (QED) is 0.774. The van der Waals surface area contributed by atoms with Crippen LogP contribution in [0.25, 0.3) is 0 Å². The summed E-state index contributed by atoms with van der Waals surface area (Å²) >= 11 is 0. The van der Waals surface area contributed by atoms with Gasteiger partial charge in [-0.05, 0) is 29.5 Å². The fraction of sp³-hybridized carbons (Fsp3) is 0.588. The van der Waals surface area contributed by atoms with Crippen molar-refractivity contribution in [3.63, 3.8) is 0 Å². The summed E-state index contributed by atoms with van der Waals surface area (Å²) in [6, 6.07) is 7.69. The third-order valence-corrected chi connectivity index (χ3v) is 3.06. The summed E-state index contributed by atoms with van der Waals surface area (Å²) < 4.78 is 0. The van der Waals surface area contributed by atoms with Crippen LogP contribution in [0.3, 0.4) is 0 Å². The highest BCUT2D eigenvalue weighted by Crippen LogP contribution is 2.11. The number of carbonyl (C=O) groups is 1. The van der Waals surface area contributed by atoms with Crippen LogP contribution in [0.5, 0.6) is 0 Å². The molecule has 21 heavy (non-hydrogen) atoms. The minimum atomic E-state index is 0.0328. The number of carbonyl (C=O) groups excluding carboxylic acids is 1. The van der Waals surface area contributed by atoms with Crippen LogP contribution in [-0.2, 0) is 11.3 Å². The Morgan fingerprint density at radius 3 is 2.33 bits per heavy atom. The summed E-state index contributed by atoms with van der Waals surface area (Å²) in [5, 5.41) is 2.96. The van der Waals surface area contributed by atoms with Crippen LogP contribution in [0, 0.1) is 11.8 Å². The van der Waals surface area contributed by atoms with Crippen molar-refractivity contribution in [2.24, 2.45) is 17.6 Å². The first-order chi connectivity index (χ1) is 9.90. The first-order valence-corrected chi connectivity index (χ1v) is 7.72. The molecule has 0 aliphatic carbocycles. The van der Waals surface area contributed by atoms with Crippen LogP contribution < -0.4 is 11.1 Å². The van der Waals surface area contributed by atoms with E-state index in [-0.39, 0.29) is 5.91 Å². The smallest absolute Gasteiger partial charge is 0.238 e. The molecule has 1 rings (SSSR count). The van der Waals surface area contributed by atoms with E-state index in [0.717, 1.165) is 24.3 Å². The number of hydrogen-bond donors (Lipinski definition) is 2. The molecule has 1 aromatic rings. The van der Waals surface area contributed by atoms with Crippen molar-refractivity contribution in [2.75, 3.05) is 25.0 Å². The van der Waals surface area contributed by atoms with Gasteiger partial charge in [-0.3, -0.25) is 9.69 Å². The van der Waals surface area contributed by atoms with Gasteiger partial charge in [-0.25, -0.2) is 0 Å². The van der Waals surface area contributed by atoms with Crippen molar-refractivity contribution in [1.82, 2.24) is 4.90 Å². The minimum Gasteiger partial charge on any atom is -0.326 e. The number of hydrogen-bond acceptors (Lipinski definition) is 3. The molecule has 1 aromatic carbocycles. The Kier molecular flexibility index (Phi) is 7.40. The highest BCUT2D eigenvalue weighted by molar-refractivity contribution is 5.92. The molecule has 3 N–H and O–H groups in total. The van der Waals surface area contributed by atoms with Crippen molar-refractivity contribution in [1.29, 1.82) is 0 Å². The third kappa shape index (κ3) is 7.25. The zero-order chi connectivity index (χ0) is 15.8. The molecule has 0 saturated heterocycles. The molecule has 0 spiro atoms. The standard InChI is InChI=1S/C17H29N3O/c1-13(2)10-20(11-14(3)4)12-17(21)19-16-7-5-6-15(8-16)9-18/h5-8,13-14H,9-12,18H2,1-4H3,(H,19,21). The van der Waals surface area contributed by atoms with Gasteiger partial charge in [0.15, 0.2) is 0 Å². The second-order valence-corrected chi connectivity index (χ2v) is 6.43. The van der Waals surface area contributed by atoms with Gasteiger partial charge in [0.25, 0.3) is 0 Å². The molecule has 0 atom stereocenters. The summed E-state index contributed by atoms with van der Waals surface area (Å²) in [6.45, 7) is 11.5. The maximum atomic E-state index is 12.2. The van der Waals surface area contributed by atoms with E-state index in [2.05, 4.69) is 37.9 Å². The molecule has 0 unspecified atom stereocenters. The number of amides is 1. The molecular formula is C17H29N3O. The Morgan fingerprint density at radius 2 is 1.81 bits per heavy atom. The second-order valence-electron chi connectivity index (χ2n) is 6.43. The Bertz CT molecular complexity index is 433. The van der Waals surface area contributed by atoms with E-state index in [9.17, 15) is 4.79 Å². The lowest BCUT2D eigenvalue weighted by Gasteiger charge is -2.25. The fourth-order valence-corrected chi connectivity index (χ4v) is 2.42. The Labute approximate surface area is 128 Å². The van der Waals surface area contributed by atoms with Crippen LogP contribution in [0.15, 0.2) is 24.3 Å². The third-order valence-electron chi connectivity index (χ3n) is 3.06. The highest BCUT2D eigenvalue weighted by Gasteiger charge is 2.13. The minimum absolute atomic E-state index is 0.0328. The van der Waals surface area contributed by atoms with Gasteiger partial charge in [0.05, 0.1) is 6.54 Å². The Morgan fingerprint density at radius 1 is 1.19 bits per heavy atom. The van der Waals surface area contributed by atoms with Gasteiger partial charge in [0.1, 0.15) is 0 Å². The van der Waals surface area contributed by atoms with Crippen molar-refractivity contribution in [2.45, 2.75) is 34.2 Å². The highest BCUT2D eigenvalue weighted by atomic mass is 16.2. The lowest BCUT2D eigenvalue weighted by Crippen LogP contribution is -2.38. The van der Waals surface area contributed by atoms with Gasteiger partial charge in [0.2, 0.25) is 5.91 Å². The number of nitrogens with zero attached hydrogens (tertiary/aromatic N) is 1. The molecule has 0 radical (unpaired) electrons. The zero-order valence-electron chi connectivity index (χ0n) is 13.7. The number of benzene rings is 1. The molecule has 0 aliphatic heterocycles. The number of anilines is 1. The molecule has 1 amide bonds. The van der Waals surface area contributed by atoms with E-state index in [0.29, 0.717) is 24.9 Å². The molecule has 0 bridgehead atoms. The lowest BCUT2D eigenvalue weighted by molar-refractivity contribution is -0.117. The van der Waals surface area contributed by atoms with Crippen molar-refractivity contribution < 1.29 is 4.79 Å². The Hall–Kier alpha value is -1.39. The number of rotatable bonds is 8. The summed E-state index contributed by atoms with van der Waals surface area (Å²) in [7, 11) is 0. The van der Waals surface area contributed by atoms with Crippen molar-refractivity contribution in [3.8, 4) is 0 Å². The zero-order valence-corrected chi connectivity index (χ0v) is 13.7. The molecule has 0 heterocycles. The molecule has 0 fully saturated rings. The number of nitrogens with two attached hydrogens (primary N) is 1. The molecule has 0 aliphatic rings. The van der Waals surface area contributed by atoms with Gasteiger partial charge in [0, 0.05) is 25.3 Å². The van der Waals surface area contributed by atoms with E-state index >= 15 is 0 Å². The van der Waals surface area contributed by atoms with E-state index in [1.54, 1.807) is 0 Å². The largest absolute Gasteiger partial charge is 0.326 e. The molecule has 4 heteroatoms. The van der Waals surface area contributed by atoms with Gasteiger partial charge in [-0.1, -0.05) is 39.8 Å². The first kappa shape index (κ1) is 17.7. The molecule has 0 aromatic heterocycles. The predicted octanol–water partition coefficient (Wildman–Crippen LogP) is 2.70. The van der Waals surface area contributed by atoms with Crippen LogP contribution in [0.2, 0.25) is 0 Å². The second kappa shape index (κ2) is 8.80. The van der Waals surface area contributed by atoms with Gasteiger partial charge in [-0.2, -0.15) is 0 Å². The van der Waals surface area contributed by atoms with E-state index in [1.165, 1.54) is 0 Å². The average molecular weight is 291 g/mol. The van der Waals surface area contributed by atoms with Crippen LogP contribution >= 0.6 is 0 Å². The van der Waals surface area contributed by atoms with Gasteiger partial charge in [-0.15, -0.1) is 0 Å². The van der Waals surface area contributed by atoms with Gasteiger partial charge < -0.3 is 11.1 Å². The average Bonchev–Trinajstić information content (AvgIpc) is 2.37. The maximum absolute atomic E-state index is 12.2. The molecule has 118 valence electrons. The maximum Gasteiger partial charge on any atom is 0.238 e. The lowest BCUT2D eigenvalue weighted by atomic mass is 10.1. The molecule has 0 saturated carbocycles. The fourth-order valence-electron chi connectivity index (χ4n) is 2.42. The van der Waals surface area contributed by atoms with Crippen molar-refractivity contribution in [3.05, 3.63) is 29.8 Å². The Balaban J connectivity index is 2.59. The number of nitrogens with one attached hydrogen (secondary N) is 1. The van der Waals surface area contributed by atoms with E-state index < -0.39 is 0 Å². The van der Waals surface area contributed by atoms with Crippen LogP contribution in [0.4, 0.5) is 5.69 Å². The summed E-state index contributed by atoms with van der Waals surface area (Å²) in [5.41, 5.74) is 7.46. The summed E-state index contributed by atoms with van der Waals surface area (Å²) in [4.78, 5) is 14.4. The van der Waals surface area contributed by atoms with Crippen LogP contribution in [-0.4, -0.2) is 30.4 Å². The summed E-state index contributed by atoms with van der Waals surface area (Å²) in [5.74, 6) is 1.14. The molecular weight excluding hydrogens is 262 g/mol. The summed E-state index contributed by atoms with van der Waals surface area (Å²) in [6.07, 6.45) is 0. The van der Waals surface area contributed by atoms with Crippen molar-refractivity contribution >= 4 is 11.6 Å². The first-order valence-electron chi connectivity index (χ1n) is 7.72. The SMILES string of the molecule is CC(C)CN(CC(=O)Nc1cccc(CN)c1)CC(C)C. The van der Waals surface area contributed by atoms with Gasteiger partial charge >= 0.3 is 0 Å². The van der Waals surface area contributed by atoms with E-state index in [1.807, 2.05) is 24.3 Å². The topological polar surface area (TPSA) is 58.4 Å². The van der Waals surface area contributed by atoms with E-state index in [4.69, 9.17) is 5.73 Å². The molecule has 4 nitrogen and oxygen atoms in total. The normalized spacial score (nSPS) is 11.4.